The highest BCUT2D eigenvalue weighted by Gasteiger charge is 2.60. The Morgan fingerprint density at radius 3 is 2.64 bits per heavy atom. The summed E-state index contributed by atoms with van der Waals surface area (Å²) in [5.74, 6) is 2.00. The van der Waals surface area contributed by atoms with Crippen LogP contribution in [0.2, 0.25) is 0 Å². The second kappa shape index (κ2) is 4.86. The van der Waals surface area contributed by atoms with Crippen LogP contribution in [0.5, 0.6) is 0 Å². The number of nitrogens with one attached hydrogen (secondary N) is 1. The summed E-state index contributed by atoms with van der Waals surface area (Å²) >= 11 is 0. The Morgan fingerprint density at radius 1 is 1.05 bits per heavy atom. The van der Waals surface area contributed by atoms with E-state index in [0.29, 0.717) is 17.8 Å². The Morgan fingerprint density at radius 2 is 1.82 bits per heavy atom. The van der Waals surface area contributed by atoms with Crippen molar-refractivity contribution in [3.05, 3.63) is 0 Å². The number of ether oxygens (including phenoxy) is 1. The SMILES string of the molecule is C[C@]12CCNC(=O)OC1CC[C@@H]1C2CC[C@]2(C)C(O)CC[C@@H]12. The molecule has 1 aliphatic heterocycles. The fourth-order valence-corrected chi connectivity index (χ4v) is 6.54. The van der Waals surface area contributed by atoms with Crippen molar-refractivity contribution in [1.82, 2.24) is 5.32 Å². The third kappa shape index (κ3) is 1.88. The lowest BCUT2D eigenvalue weighted by Crippen LogP contribution is -2.54. The molecule has 4 heteroatoms. The Kier molecular flexibility index (Phi) is 3.27. The van der Waals surface area contributed by atoms with Gasteiger partial charge in [0.2, 0.25) is 0 Å². The number of alkyl carbamates (subject to hydrolysis) is 1. The predicted octanol–water partition coefficient (Wildman–Crippen LogP) is 3.09. The Hall–Kier alpha value is -0.770. The molecule has 2 N–H and O–H groups in total. The topological polar surface area (TPSA) is 58.6 Å². The highest BCUT2D eigenvalue weighted by molar-refractivity contribution is 5.67. The van der Waals surface area contributed by atoms with Gasteiger partial charge < -0.3 is 15.2 Å². The molecule has 4 nitrogen and oxygen atoms in total. The molecule has 4 aliphatic rings. The van der Waals surface area contributed by atoms with Gasteiger partial charge in [-0.3, -0.25) is 0 Å². The maximum absolute atomic E-state index is 11.8. The summed E-state index contributed by atoms with van der Waals surface area (Å²) in [5.41, 5.74) is 0.237. The normalized spacial score (nSPS) is 54.3. The van der Waals surface area contributed by atoms with E-state index in [2.05, 4.69) is 19.2 Å². The van der Waals surface area contributed by atoms with Crippen LogP contribution in [0.25, 0.3) is 0 Å². The molecule has 1 heterocycles. The number of hydrogen-bond donors (Lipinski definition) is 2. The molecule has 4 rings (SSSR count). The number of aliphatic hydroxyl groups excluding tert-OH is 1. The van der Waals surface area contributed by atoms with Crippen molar-refractivity contribution in [3.63, 3.8) is 0 Å². The van der Waals surface area contributed by atoms with Crippen LogP contribution in [0, 0.1) is 28.6 Å². The first-order valence-corrected chi connectivity index (χ1v) is 9.08. The predicted molar refractivity (Wildman–Crippen MR) is 83.3 cm³/mol. The second-order valence-electron chi connectivity index (χ2n) is 8.67. The highest BCUT2D eigenvalue weighted by atomic mass is 16.6. The molecule has 7 atom stereocenters. The molecule has 4 fully saturated rings. The lowest BCUT2D eigenvalue weighted by Gasteiger charge is -2.57. The number of hydrogen-bond acceptors (Lipinski definition) is 3. The molecular weight excluding hydrogens is 278 g/mol. The number of carbonyl (C=O) groups excluding carboxylic acids is 1. The van der Waals surface area contributed by atoms with E-state index < -0.39 is 0 Å². The average molecular weight is 307 g/mol. The quantitative estimate of drug-likeness (QED) is 0.723. The maximum atomic E-state index is 11.8. The van der Waals surface area contributed by atoms with Gasteiger partial charge in [0.05, 0.1) is 6.10 Å². The van der Waals surface area contributed by atoms with Gasteiger partial charge in [-0.15, -0.1) is 0 Å². The van der Waals surface area contributed by atoms with E-state index in [4.69, 9.17) is 4.74 Å². The minimum atomic E-state index is -0.232. The molecule has 0 radical (unpaired) electrons. The zero-order chi connectivity index (χ0) is 15.5. The Balaban J connectivity index is 1.64. The summed E-state index contributed by atoms with van der Waals surface area (Å²) < 4.78 is 5.73. The molecule has 3 unspecified atom stereocenters. The van der Waals surface area contributed by atoms with Gasteiger partial charge in [-0.05, 0) is 68.1 Å². The summed E-state index contributed by atoms with van der Waals surface area (Å²) in [7, 11) is 0. The van der Waals surface area contributed by atoms with E-state index in [1.807, 2.05) is 0 Å². The number of amides is 1. The summed E-state index contributed by atoms with van der Waals surface area (Å²) in [6.07, 6.45) is 7.37. The minimum absolute atomic E-state index is 0.0759. The molecule has 0 bridgehead atoms. The minimum Gasteiger partial charge on any atom is -0.446 e. The van der Waals surface area contributed by atoms with Gasteiger partial charge in [0, 0.05) is 12.0 Å². The van der Waals surface area contributed by atoms with Gasteiger partial charge in [0.1, 0.15) is 6.10 Å². The van der Waals surface area contributed by atoms with Crippen LogP contribution in [0.3, 0.4) is 0 Å². The Labute approximate surface area is 133 Å². The largest absolute Gasteiger partial charge is 0.446 e. The van der Waals surface area contributed by atoms with Crippen LogP contribution >= 0.6 is 0 Å². The van der Waals surface area contributed by atoms with E-state index in [1.165, 1.54) is 12.8 Å². The van der Waals surface area contributed by atoms with Crippen molar-refractivity contribution in [1.29, 1.82) is 0 Å². The van der Waals surface area contributed by atoms with Crippen molar-refractivity contribution in [2.75, 3.05) is 6.54 Å². The molecule has 0 aromatic rings. The van der Waals surface area contributed by atoms with E-state index in [9.17, 15) is 9.90 Å². The summed E-state index contributed by atoms with van der Waals surface area (Å²) in [6, 6.07) is 0. The fraction of sp³-hybridized carbons (Fsp3) is 0.944. The Bertz CT molecular complexity index is 481. The summed E-state index contributed by atoms with van der Waals surface area (Å²) in [5, 5.41) is 13.4. The van der Waals surface area contributed by atoms with Crippen LogP contribution in [0.1, 0.15) is 58.8 Å². The first-order valence-electron chi connectivity index (χ1n) is 9.08. The zero-order valence-corrected chi connectivity index (χ0v) is 13.8. The molecule has 124 valence electrons. The highest BCUT2D eigenvalue weighted by Crippen LogP contribution is 2.63. The monoisotopic (exact) mass is 307 g/mol. The van der Waals surface area contributed by atoms with Crippen LogP contribution in [0.4, 0.5) is 4.79 Å². The molecule has 0 aromatic carbocycles. The van der Waals surface area contributed by atoms with Gasteiger partial charge in [-0.1, -0.05) is 13.8 Å². The molecule has 1 saturated heterocycles. The first-order chi connectivity index (χ1) is 10.4. The maximum Gasteiger partial charge on any atom is 0.407 e. The van der Waals surface area contributed by atoms with Crippen molar-refractivity contribution in [3.8, 4) is 0 Å². The third-order valence-corrected chi connectivity index (χ3v) is 7.91. The summed E-state index contributed by atoms with van der Waals surface area (Å²) in [4.78, 5) is 11.8. The number of rotatable bonds is 0. The molecule has 3 aliphatic carbocycles. The van der Waals surface area contributed by atoms with Gasteiger partial charge in [0.15, 0.2) is 0 Å². The van der Waals surface area contributed by atoms with Crippen LogP contribution < -0.4 is 5.32 Å². The lowest BCUT2D eigenvalue weighted by molar-refractivity contribution is -0.132. The molecule has 1 amide bonds. The zero-order valence-electron chi connectivity index (χ0n) is 13.8. The standard InChI is InChI=1S/C18H29NO3/c1-17-8-7-13-11(12(17)4-5-14(17)20)3-6-15-18(13,2)9-10-19-16(21)22-15/h11-15,20H,3-10H2,1-2H3,(H,19,21)/t11-,12-,13?,14?,15?,17-,18+/m0/s1. The van der Waals surface area contributed by atoms with E-state index in [-0.39, 0.29) is 29.1 Å². The van der Waals surface area contributed by atoms with E-state index in [0.717, 1.165) is 38.6 Å². The number of aliphatic hydroxyl groups is 1. The van der Waals surface area contributed by atoms with Crippen molar-refractivity contribution in [2.45, 2.75) is 71.0 Å². The molecule has 0 aromatic heterocycles. The van der Waals surface area contributed by atoms with Gasteiger partial charge in [0.25, 0.3) is 0 Å². The average Bonchev–Trinajstić information content (AvgIpc) is 2.68. The van der Waals surface area contributed by atoms with Crippen LogP contribution in [-0.2, 0) is 4.74 Å². The van der Waals surface area contributed by atoms with Gasteiger partial charge in [-0.2, -0.15) is 0 Å². The molecule has 0 spiro atoms. The van der Waals surface area contributed by atoms with Crippen molar-refractivity contribution >= 4 is 6.09 Å². The summed E-state index contributed by atoms with van der Waals surface area (Å²) in [6.45, 7) is 5.40. The molecule has 22 heavy (non-hydrogen) atoms. The molecular formula is C18H29NO3. The van der Waals surface area contributed by atoms with Crippen LogP contribution in [0.15, 0.2) is 0 Å². The van der Waals surface area contributed by atoms with E-state index >= 15 is 0 Å². The smallest absolute Gasteiger partial charge is 0.407 e. The number of carbonyl (C=O) groups is 1. The van der Waals surface area contributed by atoms with Crippen molar-refractivity contribution in [2.24, 2.45) is 28.6 Å². The molecule has 3 saturated carbocycles. The first kappa shape index (κ1) is 14.8. The van der Waals surface area contributed by atoms with Gasteiger partial charge in [-0.25, -0.2) is 4.79 Å². The van der Waals surface area contributed by atoms with Gasteiger partial charge >= 0.3 is 6.09 Å². The second-order valence-corrected chi connectivity index (χ2v) is 8.67. The lowest BCUT2D eigenvalue weighted by atomic mass is 9.49. The fourth-order valence-electron chi connectivity index (χ4n) is 6.54. The van der Waals surface area contributed by atoms with Crippen LogP contribution in [-0.4, -0.2) is 30.0 Å². The van der Waals surface area contributed by atoms with E-state index in [1.54, 1.807) is 0 Å². The van der Waals surface area contributed by atoms with Crippen molar-refractivity contribution < 1.29 is 14.6 Å². The number of fused-ring (bicyclic) bond motifs is 5. The third-order valence-electron chi connectivity index (χ3n) is 7.91.